The summed E-state index contributed by atoms with van der Waals surface area (Å²) in [6.07, 6.45) is 3.72. The highest BCUT2D eigenvalue weighted by molar-refractivity contribution is 6.09. The molecule has 1 aromatic carbocycles. The molecule has 1 atom stereocenters. The number of hydrogen-bond acceptors (Lipinski definition) is 6. The number of carbonyl (C=O) groups excluding carboxylic acids is 3. The van der Waals surface area contributed by atoms with Crippen LogP contribution in [0.1, 0.15) is 36.0 Å². The molecule has 2 fully saturated rings. The molecule has 0 radical (unpaired) electrons. The average molecular weight is 471 g/mol. The number of nitrogens with zero attached hydrogens (tertiary/aromatic N) is 5. The maximum atomic E-state index is 13.4. The minimum absolute atomic E-state index is 0.0235. The monoisotopic (exact) mass is 470 g/mol. The molecule has 3 aliphatic heterocycles. The molecule has 1 N–H and O–H groups in total. The minimum Gasteiger partial charge on any atom is -0.358 e. The van der Waals surface area contributed by atoms with Gasteiger partial charge in [0.15, 0.2) is 0 Å². The summed E-state index contributed by atoms with van der Waals surface area (Å²) in [5.74, 6) is -0.329. The van der Waals surface area contributed by atoms with Crippen molar-refractivity contribution in [3.8, 4) is 0 Å². The van der Waals surface area contributed by atoms with Gasteiger partial charge in [-0.15, -0.1) is 0 Å². The van der Waals surface area contributed by atoms with Crippen LogP contribution in [-0.4, -0.2) is 112 Å². The van der Waals surface area contributed by atoms with Gasteiger partial charge < -0.3 is 24.9 Å². The van der Waals surface area contributed by atoms with Crippen LogP contribution in [0.25, 0.3) is 0 Å². The Morgan fingerprint density at radius 2 is 1.82 bits per heavy atom. The molecule has 0 bridgehead atoms. The van der Waals surface area contributed by atoms with E-state index in [1.165, 1.54) is 4.90 Å². The zero-order valence-electron chi connectivity index (χ0n) is 20.8. The summed E-state index contributed by atoms with van der Waals surface area (Å²) in [5, 5.41) is 3.00. The van der Waals surface area contributed by atoms with Crippen LogP contribution < -0.4 is 15.1 Å². The smallest absolute Gasteiger partial charge is 0.253 e. The lowest BCUT2D eigenvalue weighted by molar-refractivity contribution is -0.125. The quantitative estimate of drug-likeness (QED) is 0.596. The molecule has 3 amide bonds. The van der Waals surface area contributed by atoms with Gasteiger partial charge in [-0.3, -0.25) is 19.3 Å². The van der Waals surface area contributed by atoms with Crippen LogP contribution in [0.15, 0.2) is 18.2 Å². The Balaban J connectivity index is 1.42. The van der Waals surface area contributed by atoms with Crippen LogP contribution in [0.3, 0.4) is 0 Å². The lowest BCUT2D eigenvalue weighted by atomic mass is 9.95. The van der Waals surface area contributed by atoms with E-state index in [0.29, 0.717) is 17.8 Å². The molecule has 0 aromatic heterocycles. The van der Waals surface area contributed by atoms with E-state index in [0.717, 1.165) is 70.6 Å². The predicted molar refractivity (Wildman–Crippen MR) is 133 cm³/mol. The summed E-state index contributed by atoms with van der Waals surface area (Å²) in [5.41, 5.74) is 2.11. The fourth-order valence-electron chi connectivity index (χ4n) is 5.11. The molecular formula is C25H38N6O3. The third-order valence-electron chi connectivity index (χ3n) is 7.15. The molecule has 3 heterocycles. The summed E-state index contributed by atoms with van der Waals surface area (Å²) in [4.78, 5) is 48.9. The Morgan fingerprint density at radius 3 is 2.56 bits per heavy atom. The molecule has 3 aliphatic rings. The van der Waals surface area contributed by atoms with E-state index in [1.54, 1.807) is 25.1 Å². The first-order chi connectivity index (χ1) is 16.3. The summed E-state index contributed by atoms with van der Waals surface area (Å²) < 4.78 is 0. The maximum Gasteiger partial charge on any atom is 0.253 e. The van der Waals surface area contributed by atoms with Crippen LogP contribution in [0.5, 0.6) is 0 Å². The summed E-state index contributed by atoms with van der Waals surface area (Å²) in [6.45, 7) is 6.64. The summed E-state index contributed by atoms with van der Waals surface area (Å²) in [6, 6.07) is 5.28. The molecule has 4 rings (SSSR count). The van der Waals surface area contributed by atoms with Crippen LogP contribution in [0.4, 0.5) is 11.4 Å². The minimum atomic E-state index is -0.235. The van der Waals surface area contributed by atoms with Crippen molar-refractivity contribution in [2.24, 2.45) is 0 Å². The van der Waals surface area contributed by atoms with Crippen molar-refractivity contribution in [3.63, 3.8) is 0 Å². The van der Waals surface area contributed by atoms with Gasteiger partial charge in [0, 0.05) is 58.9 Å². The Kier molecular flexibility index (Phi) is 7.73. The topological polar surface area (TPSA) is 79.4 Å². The number of anilines is 2. The second-order valence-electron chi connectivity index (χ2n) is 9.88. The van der Waals surface area contributed by atoms with E-state index in [4.69, 9.17) is 0 Å². The maximum absolute atomic E-state index is 13.4. The van der Waals surface area contributed by atoms with E-state index in [2.05, 4.69) is 27.1 Å². The molecule has 186 valence electrons. The SMILES string of the molecule is CN1CCN(CCCNC(=O)CN2C(=O)C3CCCCN3c3ccc(C(=O)N(C)C)cc32)CC1. The largest absolute Gasteiger partial charge is 0.358 e. The van der Waals surface area contributed by atoms with Crippen molar-refractivity contribution in [1.29, 1.82) is 0 Å². The number of amides is 3. The number of benzene rings is 1. The zero-order chi connectivity index (χ0) is 24.2. The van der Waals surface area contributed by atoms with Gasteiger partial charge in [-0.2, -0.15) is 0 Å². The first-order valence-electron chi connectivity index (χ1n) is 12.5. The Bertz CT molecular complexity index is 912. The highest BCUT2D eigenvalue weighted by Gasteiger charge is 2.40. The molecule has 1 unspecified atom stereocenters. The number of carbonyl (C=O) groups is 3. The van der Waals surface area contributed by atoms with Crippen molar-refractivity contribution in [2.75, 3.05) is 83.3 Å². The summed E-state index contributed by atoms with van der Waals surface area (Å²) >= 11 is 0. The number of piperidine rings is 1. The number of piperazine rings is 1. The highest BCUT2D eigenvalue weighted by Crippen LogP contribution is 2.40. The predicted octanol–water partition coefficient (Wildman–Crippen LogP) is 0.848. The van der Waals surface area contributed by atoms with Crippen LogP contribution in [0, 0.1) is 0 Å². The van der Waals surface area contributed by atoms with Gasteiger partial charge in [0.25, 0.3) is 5.91 Å². The van der Waals surface area contributed by atoms with Gasteiger partial charge in [-0.1, -0.05) is 0 Å². The lowest BCUT2D eigenvalue weighted by Crippen LogP contribution is -2.57. The van der Waals surface area contributed by atoms with Gasteiger partial charge in [0.2, 0.25) is 11.8 Å². The molecule has 0 aliphatic carbocycles. The third kappa shape index (κ3) is 5.36. The van der Waals surface area contributed by atoms with E-state index < -0.39 is 0 Å². The highest BCUT2D eigenvalue weighted by atomic mass is 16.2. The van der Waals surface area contributed by atoms with Crippen LogP contribution in [-0.2, 0) is 9.59 Å². The Labute approximate surface area is 202 Å². The van der Waals surface area contributed by atoms with Gasteiger partial charge in [0.1, 0.15) is 12.6 Å². The molecule has 0 spiro atoms. The average Bonchev–Trinajstić information content (AvgIpc) is 2.84. The lowest BCUT2D eigenvalue weighted by Gasteiger charge is -2.45. The fraction of sp³-hybridized carbons (Fsp3) is 0.640. The molecular weight excluding hydrogens is 432 g/mol. The van der Waals surface area contributed by atoms with E-state index in [1.807, 2.05) is 12.1 Å². The standard InChI is InChI=1S/C25H38N6O3/c1-27(2)24(33)19-8-9-20-22(17-19)31(25(34)21-7-4-5-12-30(20)21)18-23(32)26-10-6-11-29-15-13-28(3)14-16-29/h8-9,17,21H,4-7,10-16,18H2,1-3H3,(H,26,32). The van der Waals surface area contributed by atoms with Crippen molar-refractivity contribution in [1.82, 2.24) is 20.0 Å². The Morgan fingerprint density at radius 1 is 1.06 bits per heavy atom. The Hall–Kier alpha value is -2.65. The zero-order valence-corrected chi connectivity index (χ0v) is 20.8. The molecule has 0 saturated carbocycles. The number of likely N-dealkylation sites (N-methyl/N-ethyl adjacent to an activating group) is 1. The van der Waals surface area contributed by atoms with E-state index >= 15 is 0 Å². The summed E-state index contributed by atoms with van der Waals surface area (Å²) in [7, 11) is 5.56. The van der Waals surface area contributed by atoms with E-state index in [9.17, 15) is 14.4 Å². The number of rotatable bonds is 7. The number of hydrogen-bond donors (Lipinski definition) is 1. The van der Waals surface area contributed by atoms with Crippen molar-refractivity contribution in [2.45, 2.75) is 31.7 Å². The van der Waals surface area contributed by atoms with Gasteiger partial charge in [0.05, 0.1) is 11.4 Å². The molecule has 2 saturated heterocycles. The van der Waals surface area contributed by atoms with Crippen LogP contribution in [0.2, 0.25) is 0 Å². The third-order valence-corrected chi connectivity index (χ3v) is 7.15. The number of fused-ring (bicyclic) bond motifs is 3. The van der Waals surface area contributed by atoms with Crippen molar-refractivity contribution < 1.29 is 14.4 Å². The first-order valence-corrected chi connectivity index (χ1v) is 12.5. The van der Waals surface area contributed by atoms with Gasteiger partial charge >= 0.3 is 0 Å². The molecule has 9 heteroatoms. The molecule has 1 aromatic rings. The van der Waals surface area contributed by atoms with Crippen LogP contribution >= 0.6 is 0 Å². The van der Waals surface area contributed by atoms with Crippen molar-refractivity contribution in [3.05, 3.63) is 23.8 Å². The van der Waals surface area contributed by atoms with E-state index in [-0.39, 0.29) is 30.3 Å². The van der Waals surface area contributed by atoms with Gasteiger partial charge in [-0.05, 0) is 57.5 Å². The second kappa shape index (κ2) is 10.7. The molecule has 34 heavy (non-hydrogen) atoms. The number of nitrogens with one attached hydrogen (secondary N) is 1. The fourth-order valence-corrected chi connectivity index (χ4v) is 5.11. The van der Waals surface area contributed by atoms with Gasteiger partial charge in [-0.25, -0.2) is 0 Å². The molecule has 9 nitrogen and oxygen atoms in total. The van der Waals surface area contributed by atoms with Crippen molar-refractivity contribution >= 4 is 29.1 Å². The normalized spacial score (nSPS) is 21.1. The first kappa shape index (κ1) is 24.5. The second-order valence-corrected chi connectivity index (χ2v) is 9.88.